The number of nitriles is 1. The van der Waals surface area contributed by atoms with Crippen molar-refractivity contribution < 1.29 is 9.18 Å². The van der Waals surface area contributed by atoms with E-state index < -0.39 is 5.54 Å². The Balaban J connectivity index is 2.07. The van der Waals surface area contributed by atoms with E-state index in [-0.39, 0.29) is 22.3 Å². The first-order valence-electron chi connectivity index (χ1n) is 9.39. The molecule has 0 aromatic heterocycles. The summed E-state index contributed by atoms with van der Waals surface area (Å²) in [7, 11) is 0. The molecule has 1 fully saturated rings. The van der Waals surface area contributed by atoms with E-state index in [1.165, 1.54) is 11.0 Å². The van der Waals surface area contributed by atoms with Crippen LogP contribution in [-0.2, 0) is 10.2 Å². The van der Waals surface area contributed by atoms with Crippen molar-refractivity contribution in [1.82, 2.24) is 0 Å². The summed E-state index contributed by atoms with van der Waals surface area (Å²) in [6.45, 7) is 11.2. The van der Waals surface area contributed by atoms with Crippen LogP contribution in [0.2, 0.25) is 0 Å². The van der Waals surface area contributed by atoms with Crippen molar-refractivity contribution in [3.05, 3.63) is 58.9 Å². The van der Waals surface area contributed by atoms with E-state index in [1.54, 1.807) is 49.1 Å². The highest BCUT2D eigenvalue weighted by atomic mass is 32.1. The van der Waals surface area contributed by atoms with Crippen LogP contribution in [0.4, 0.5) is 15.8 Å². The molecule has 1 aliphatic heterocycles. The van der Waals surface area contributed by atoms with E-state index in [4.69, 9.17) is 17.5 Å². The van der Waals surface area contributed by atoms with Crippen molar-refractivity contribution in [1.29, 1.82) is 5.26 Å². The van der Waals surface area contributed by atoms with Crippen LogP contribution in [0.1, 0.15) is 51.3 Å². The van der Waals surface area contributed by atoms with Gasteiger partial charge in [0.25, 0.3) is 5.91 Å². The van der Waals surface area contributed by atoms with Gasteiger partial charge in [0.2, 0.25) is 0 Å². The molecule has 0 aliphatic carbocycles. The van der Waals surface area contributed by atoms with E-state index >= 15 is 0 Å². The first kappa shape index (κ1) is 20.9. The fourth-order valence-corrected chi connectivity index (χ4v) is 4.14. The number of carbonyl (C=O) groups excluding carboxylic acids is 1. The van der Waals surface area contributed by atoms with Gasteiger partial charge in [-0.25, -0.2) is 4.39 Å². The van der Waals surface area contributed by atoms with Crippen LogP contribution in [-0.4, -0.2) is 16.6 Å². The second-order valence-electron chi connectivity index (χ2n) is 8.84. The zero-order valence-corrected chi connectivity index (χ0v) is 18.3. The van der Waals surface area contributed by atoms with Gasteiger partial charge in [-0.3, -0.25) is 9.69 Å². The van der Waals surface area contributed by atoms with Gasteiger partial charge in [-0.05, 0) is 79.9 Å². The Morgan fingerprint density at radius 2 is 1.72 bits per heavy atom. The summed E-state index contributed by atoms with van der Waals surface area (Å²) in [5.41, 5.74) is 1.74. The molecule has 0 N–H and O–H groups in total. The predicted octanol–water partition coefficient (Wildman–Crippen LogP) is 5.22. The molecule has 1 amide bonds. The number of amides is 1. The largest absolute Gasteiger partial charge is 0.303 e. The summed E-state index contributed by atoms with van der Waals surface area (Å²) >= 11 is 5.65. The zero-order valence-electron chi connectivity index (χ0n) is 17.5. The highest BCUT2D eigenvalue weighted by molar-refractivity contribution is 7.81. The van der Waals surface area contributed by atoms with Crippen LogP contribution < -0.4 is 9.80 Å². The number of hydrogen-bond donors (Lipinski definition) is 0. The van der Waals surface area contributed by atoms with Crippen LogP contribution in [0.15, 0.2) is 36.4 Å². The van der Waals surface area contributed by atoms with Crippen LogP contribution >= 0.6 is 12.2 Å². The minimum Gasteiger partial charge on any atom is -0.303 e. The van der Waals surface area contributed by atoms with Gasteiger partial charge in [0.15, 0.2) is 5.11 Å². The van der Waals surface area contributed by atoms with Crippen LogP contribution in [0.3, 0.4) is 0 Å². The van der Waals surface area contributed by atoms with E-state index in [2.05, 4.69) is 6.07 Å². The molecule has 6 heteroatoms. The molecule has 0 radical (unpaired) electrons. The summed E-state index contributed by atoms with van der Waals surface area (Å²) < 4.78 is 14.8. The van der Waals surface area contributed by atoms with Gasteiger partial charge in [0.1, 0.15) is 11.4 Å². The van der Waals surface area contributed by atoms with Crippen molar-refractivity contribution in [3.63, 3.8) is 0 Å². The number of anilines is 2. The average molecular weight is 410 g/mol. The molecule has 1 aliphatic rings. The molecule has 150 valence electrons. The fraction of sp³-hybridized carbons (Fsp3) is 0.348. The molecule has 1 saturated heterocycles. The van der Waals surface area contributed by atoms with Gasteiger partial charge < -0.3 is 4.90 Å². The number of nitrogens with zero attached hydrogens (tertiary/aromatic N) is 3. The Kier molecular flexibility index (Phi) is 5.00. The zero-order chi connectivity index (χ0) is 21.7. The van der Waals surface area contributed by atoms with Gasteiger partial charge >= 0.3 is 0 Å². The topological polar surface area (TPSA) is 47.3 Å². The predicted molar refractivity (Wildman–Crippen MR) is 118 cm³/mol. The molecule has 0 bridgehead atoms. The van der Waals surface area contributed by atoms with Crippen molar-refractivity contribution in [2.24, 2.45) is 0 Å². The standard InChI is InChI=1S/C23H24FN3OS/c1-14-11-16(8-7-15(14)13-25)26-20(28)23(5,6)27(21(26)29)17-9-10-18(19(24)12-17)22(2,3)4/h7-12H,1-6H3. The van der Waals surface area contributed by atoms with Gasteiger partial charge in [-0.15, -0.1) is 0 Å². The molecule has 29 heavy (non-hydrogen) atoms. The van der Waals surface area contributed by atoms with Crippen LogP contribution in [0.25, 0.3) is 0 Å². The van der Waals surface area contributed by atoms with E-state index in [9.17, 15) is 9.18 Å². The van der Waals surface area contributed by atoms with Gasteiger partial charge in [0.05, 0.1) is 17.3 Å². The smallest absolute Gasteiger partial charge is 0.259 e. The summed E-state index contributed by atoms with van der Waals surface area (Å²) in [5.74, 6) is -0.527. The number of aryl methyl sites for hydroxylation is 1. The molecule has 3 rings (SSSR count). The normalized spacial score (nSPS) is 16.3. The van der Waals surface area contributed by atoms with E-state index in [1.807, 2.05) is 27.7 Å². The lowest BCUT2D eigenvalue weighted by molar-refractivity contribution is -0.120. The Morgan fingerprint density at radius 1 is 1.10 bits per heavy atom. The van der Waals surface area contributed by atoms with Crippen LogP contribution in [0.5, 0.6) is 0 Å². The lowest BCUT2D eigenvalue weighted by Gasteiger charge is -2.30. The Labute approximate surface area is 176 Å². The summed E-state index contributed by atoms with van der Waals surface area (Å²) in [6.07, 6.45) is 0. The fourth-order valence-electron chi connectivity index (χ4n) is 3.62. The highest BCUT2D eigenvalue weighted by Crippen LogP contribution is 2.38. The lowest BCUT2D eigenvalue weighted by atomic mass is 9.86. The maximum atomic E-state index is 14.8. The van der Waals surface area contributed by atoms with E-state index in [0.29, 0.717) is 22.5 Å². The number of thiocarbonyl (C=S) groups is 1. The summed E-state index contributed by atoms with van der Waals surface area (Å²) in [4.78, 5) is 16.4. The molecular weight excluding hydrogens is 385 g/mol. The molecular formula is C23H24FN3OS. The number of rotatable bonds is 2. The third kappa shape index (κ3) is 3.40. The second kappa shape index (κ2) is 6.93. The van der Waals surface area contributed by atoms with Crippen molar-refractivity contribution in [3.8, 4) is 6.07 Å². The quantitative estimate of drug-likeness (QED) is 0.638. The van der Waals surface area contributed by atoms with Gasteiger partial charge in [-0.2, -0.15) is 5.26 Å². The van der Waals surface area contributed by atoms with E-state index in [0.717, 1.165) is 5.56 Å². The van der Waals surface area contributed by atoms with Crippen molar-refractivity contribution in [2.75, 3.05) is 9.80 Å². The van der Waals surface area contributed by atoms with Gasteiger partial charge in [0, 0.05) is 5.69 Å². The second-order valence-corrected chi connectivity index (χ2v) is 9.21. The minimum absolute atomic E-state index is 0.202. The number of hydrogen-bond acceptors (Lipinski definition) is 3. The minimum atomic E-state index is -0.978. The third-order valence-electron chi connectivity index (χ3n) is 5.28. The maximum absolute atomic E-state index is 14.8. The number of benzene rings is 2. The number of halogens is 1. The molecule has 0 unspecified atom stereocenters. The Morgan fingerprint density at radius 3 is 2.24 bits per heavy atom. The number of carbonyl (C=O) groups is 1. The third-order valence-corrected chi connectivity index (χ3v) is 5.64. The molecule has 0 spiro atoms. The Bertz CT molecular complexity index is 1060. The van der Waals surface area contributed by atoms with Gasteiger partial charge in [-0.1, -0.05) is 26.8 Å². The molecule has 0 saturated carbocycles. The summed E-state index contributed by atoms with van der Waals surface area (Å²) in [6, 6.07) is 12.3. The maximum Gasteiger partial charge on any atom is 0.259 e. The molecule has 1 heterocycles. The lowest BCUT2D eigenvalue weighted by Crippen LogP contribution is -2.44. The van der Waals surface area contributed by atoms with Crippen molar-refractivity contribution in [2.45, 2.75) is 52.5 Å². The first-order chi connectivity index (χ1) is 13.4. The van der Waals surface area contributed by atoms with Crippen LogP contribution in [0, 0.1) is 24.1 Å². The average Bonchev–Trinajstić information content (AvgIpc) is 2.78. The van der Waals surface area contributed by atoms with Crippen molar-refractivity contribution >= 4 is 34.6 Å². The Hall–Kier alpha value is -2.78. The highest BCUT2D eigenvalue weighted by Gasteiger charge is 2.50. The molecule has 4 nitrogen and oxygen atoms in total. The molecule has 0 atom stereocenters. The molecule has 2 aromatic carbocycles. The monoisotopic (exact) mass is 409 g/mol. The first-order valence-corrected chi connectivity index (χ1v) is 9.80. The molecule has 2 aromatic rings. The SMILES string of the molecule is Cc1cc(N2C(=O)C(C)(C)N(c3ccc(C(C)(C)C)c(F)c3)C2=S)ccc1C#N. The summed E-state index contributed by atoms with van der Waals surface area (Å²) in [5, 5.41) is 9.44.